The van der Waals surface area contributed by atoms with Gasteiger partial charge in [-0.25, -0.2) is 0 Å². The van der Waals surface area contributed by atoms with Gasteiger partial charge >= 0.3 is 0 Å². The van der Waals surface area contributed by atoms with Gasteiger partial charge in [-0.1, -0.05) is 53.5 Å². The molecular formula is C28H22Cl2N4O4S. The van der Waals surface area contributed by atoms with Crippen molar-refractivity contribution in [2.24, 2.45) is 10.1 Å². The van der Waals surface area contributed by atoms with E-state index in [0.717, 1.165) is 5.56 Å². The van der Waals surface area contributed by atoms with E-state index in [9.17, 15) is 4.79 Å². The van der Waals surface area contributed by atoms with Gasteiger partial charge in [0.15, 0.2) is 17.3 Å². The molecule has 5 rings (SSSR count). The first-order valence-corrected chi connectivity index (χ1v) is 13.5. The van der Waals surface area contributed by atoms with E-state index in [1.165, 1.54) is 16.8 Å². The highest BCUT2D eigenvalue weighted by atomic mass is 35.5. The number of hydrogen-bond acceptors (Lipinski definition) is 7. The SMILES string of the molecule is CCOc1cc(/C=C2/C(=N)N3N=C(COc4ccccc4)SC3=NC2=O)ccc1OCc1ccc(Cl)cc1Cl. The zero-order chi connectivity index (χ0) is 27.4. The molecule has 1 N–H and O–H groups in total. The number of halogens is 2. The van der Waals surface area contributed by atoms with Crippen LogP contribution in [0.15, 0.2) is 82.4 Å². The van der Waals surface area contributed by atoms with Crippen LogP contribution < -0.4 is 14.2 Å². The van der Waals surface area contributed by atoms with Crippen molar-refractivity contribution in [3.8, 4) is 17.2 Å². The normalized spacial score (nSPS) is 15.7. The molecule has 0 saturated heterocycles. The Labute approximate surface area is 239 Å². The summed E-state index contributed by atoms with van der Waals surface area (Å²) >= 11 is 13.4. The Bertz CT molecular complexity index is 1530. The van der Waals surface area contributed by atoms with Crippen LogP contribution in [0.5, 0.6) is 17.2 Å². The van der Waals surface area contributed by atoms with Crippen LogP contribution in [-0.4, -0.2) is 40.2 Å². The fourth-order valence-electron chi connectivity index (χ4n) is 3.71. The fraction of sp³-hybridized carbons (Fsp3) is 0.143. The number of thioether (sulfide) groups is 1. The topological polar surface area (TPSA) is 96.6 Å². The van der Waals surface area contributed by atoms with Crippen molar-refractivity contribution in [3.05, 3.63) is 93.5 Å². The van der Waals surface area contributed by atoms with Crippen LogP contribution in [0.1, 0.15) is 18.1 Å². The fourth-order valence-corrected chi connectivity index (χ4v) is 4.98. The number of ether oxygens (including phenoxy) is 3. The van der Waals surface area contributed by atoms with Crippen LogP contribution in [0.4, 0.5) is 0 Å². The van der Waals surface area contributed by atoms with E-state index in [1.807, 2.05) is 37.3 Å². The quantitative estimate of drug-likeness (QED) is 0.284. The molecular weight excluding hydrogens is 559 g/mol. The summed E-state index contributed by atoms with van der Waals surface area (Å²) in [6.07, 6.45) is 1.59. The highest BCUT2D eigenvalue weighted by molar-refractivity contribution is 8.27. The van der Waals surface area contributed by atoms with Gasteiger partial charge in [-0.2, -0.15) is 15.1 Å². The number of hydrogen-bond donors (Lipinski definition) is 1. The Morgan fingerprint density at radius 1 is 0.974 bits per heavy atom. The molecule has 2 aliphatic heterocycles. The lowest BCUT2D eigenvalue weighted by Crippen LogP contribution is -2.35. The summed E-state index contributed by atoms with van der Waals surface area (Å²) in [4.78, 5) is 17.0. The van der Waals surface area contributed by atoms with E-state index >= 15 is 0 Å². The van der Waals surface area contributed by atoms with Crippen LogP contribution in [-0.2, 0) is 11.4 Å². The lowest BCUT2D eigenvalue weighted by Gasteiger charge is -2.20. The Balaban J connectivity index is 1.32. The number of aliphatic imine (C=N–C) groups is 1. The predicted octanol–water partition coefficient (Wildman–Crippen LogP) is 6.67. The zero-order valence-corrected chi connectivity index (χ0v) is 23.0. The number of amides is 1. The first-order valence-electron chi connectivity index (χ1n) is 11.9. The van der Waals surface area contributed by atoms with E-state index < -0.39 is 5.91 Å². The second-order valence-corrected chi connectivity index (χ2v) is 10.2. The number of amidine groups is 2. The summed E-state index contributed by atoms with van der Waals surface area (Å²) < 4.78 is 17.5. The number of carbonyl (C=O) groups is 1. The van der Waals surface area contributed by atoms with Crippen LogP contribution in [0.3, 0.4) is 0 Å². The Hall–Kier alpha value is -3.79. The minimum atomic E-state index is -0.519. The molecule has 3 aromatic rings. The monoisotopic (exact) mass is 580 g/mol. The third kappa shape index (κ3) is 6.27. The molecule has 0 saturated carbocycles. The maximum atomic E-state index is 12.8. The number of benzene rings is 3. The molecule has 1 amide bonds. The van der Waals surface area contributed by atoms with Crippen molar-refractivity contribution in [1.82, 2.24) is 5.01 Å². The summed E-state index contributed by atoms with van der Waals surface area (Å²) in [5.74, 6) is 1.12. The molecule has 0 aromatic heterocycles. The summed E-state index contributed by atoms with van der Waals surface area (Å²) in [7, 11) is 0. The number of fused-ring (bicyclic) bond motifs is 1. The summed E-state index contributed by atoms with van der Waals surface area (Å²) in [5, 5.41) is 16.4. The minimum absolute atomic E-state index is 0.0668. The Morgan fingerprint density at radius 2 is 1.79 bits per heavy atom. The highest BCUT2D eigenvalue weighted by Crippen LogP contribution is 2.33. The number of para-hydroxylation sites is 1. The number of rotatable bonds is 9. The van der Waals surface area contributed by atoms with Crippen molar-refractivity contribution in [2.45, 2.75) is 13.5 Å². The summed E-state index contributed by atoms with van der Waals surface area (Å²) in [6, 6.07) is 19.8. The number of nitrogens with zero attached hydrogens (tertiary/aromatic N) is 3. The Kier molecular flexibility index (Phi) is 8.21. The highest BCUT2D eigenvalue weighted by Gasteiger charge is 2.35. The van der Waals surface area contributed by atoms with E-state index in [-0.39, 0.29) is 24.6 Å². The smallest absolute Gasteiger partial charge is 0.283 e. The maximum absolute atomic E-state index is 12.8. The van der Waals surface area contributed by atoms with Gasteiger partial charge in [0, 0.05) is 15.6 Å². The molecule has 198 valence electrons. The largest absolute Gasteiger partial charge is 0.490 e. The van der Waals surface area contributed by atoms with Crippen molar-refractivity contribution in [3.63, 3.8) is 0 Å². The van der Waals surface area contributed by atoms with Crippen LogP contribution in [0.25, 0.3) is 6.08 Å². The second kappa shape index (κ2) is 11.9. The van der Waals surface area contributed by atoms with Gasteiger partial charge in [0.25, 0.3) is 5.91 Å². The van der Waals surface area contributed by atoms with Crippen LogP contribution in [0.2, 0.25) is 10.0 Å². The first-order chi connectivity index (χ1) is 18.9. The molecule has 0 bridgehead atoms. The third-order valence-electron chi connectivity index (χ3n) is 5.58. The molecule has 8 nitrogen and oxygen atoms in total. The van der Waals surface area contributed by atoms with Gasteiger partial charge in [0.05, 0.1) is 12.2 Å². The molecule has 11 heteroatoms. The lowest BCUT2D eigenvalue weighted by molar-refractivity contribution is -0.114. The Morgan fingerprint density at radius 3 is 2.56 bits per heavy atom. The van der Waals surface area contributed by atoms with E-state index in [4.69, 9.17) is 42.8 Å². The van der Waals surface area contributed by atoms with Crippen molar-refractivity contribution < 1.29 is 19.0 Å². The van der Waals surface area contributed by atoms with Crippen LogP contribution >= 0.6 is 35.0 Å². The third-order valence-corrected chi connectivity index (χ3v) is 7.05. The molecule has 2 heterocycles. The molecule has 0 fully saturated rings. The zero-order valence-electron chi connectivity index (χ0n) is 20.7. The average molecular weight is 581 g/mol. The van der Waals surface area contributed by atoms with E-state index in [1.54, 1.807) is 42.5 Å². The second-order valence-electron chi connectivity index (χ2n) is 8.28. The van der Waals surface area contributed by atoms with Crippen LogP contribution in [0, 0.1) is 5.41 Å². The first kappa shape index (κ1) is 26.8. The number of nitrogens with one attached hydrogen (secondary N) is 1. The van der Waals surface area contributed by atoms with Crippen molar-refractivity contribution in [1.29, 1.82) is 5.41 Å². The van der Waals surface area contributed by atoms with Gasteiger partial charge in [-0.3, -0.25) is 10.2 Å². The molecule has 2 aliphatic rings. The van der Waals surface area contributed by atoms with Gasteiger partial charge in [-0.05, 0) is 66.7 Å². The molecule has 0 spiro atoms. The number of hydrazone groups is 1. The minimum Gasteiger partial charge on any atom is -0.490 e. The summed E-state index contributed by atoms with van der Waals surface area (Å²) in [6.45, 7) is 2.70. The average Bonchev–Trinajstić information content (AvgIpc) is 3.34. The molecule has 39 heavy (non-hydrogen) atoms. The summed E-state index contributed by atoms with van der Waals surface area (Å²) in [5.41, 5.74) is 1.53. The number of carbonyl (C=O) groups excluding carboxylic acids is 1. The van der Waals surface area contributed by atoms with Gasteiger partial charge < -0.3 is 14.2 Å². The predicted molar refractivity (Wildman–Crippen MR) is 155 cm³/mol. The van der Waals surface area contributed by atoms with Crippen molar-refractivity contribution in [2.75, 3.05) is 13.2 Å². The van der Waals surface area contributed by atoms with E-state index in [2.05, 4.69) is 10.1 Å². The maximum Gasteiger partial charge on any atom is 0.283 e. The standard InChI is InChI=1S/C28H22Cl2N4O4S/c1-2-36-24-13-17(8-11-23(24)38-15-18-9-10-19(29)14-22(18)30)12-21-26(31)34-28(32-27(21)35)39-25(33-34)16-37-20-6-4-3-5-7-20/h3-14,31H,2,15-16H2,1H3/b21-12-,31-26?. The van der Waals surface area contributed by atoms with Gasteiger partial charge in [-0.15, -0.1) is 0 Å². The molecule has 3 aromatic carbocycles. The van der Waals surface area contributed by atoms with Gasteiger partial charge in [0.2, 0.25) is 5.17 Å². The molecule has 0 atom stereocenters. The molecule has 0 unspecified atom stereocenters. The molecule has 0 radical (unpaired) electrons. The van der Waals surface area contributed by atoms with Gasteiger partial charge in [0.1, 0.15) is 24.0 Å². The van der Waals surface area contributed by atoms with Crippen molar-refractivity contribution >= 4 is 63.0 Å². The lowest BCUT2D eigenvalue weighted by atomic mass is 10.1. The molecule has 0 aliphatic carbocycles. The van der Waals surface area contributed by atoms with E-state index in [0.29, 0.717) is 49.7 Å².